The molecule has 0 unspecified atom stereocenters. The van der Waals surface area contributed by atoms with Crippen molar-refractivity contribution in [1.29, 1.82) is 0 Å². The molecule has 0 aromatic heterocycles. The summed E-state index contributed by atoms with van der Waals surface area (Å²) in [4.78, 5) is 10.6. The van der Waals surface area contributed by atoms with Crippen LogP contribution in [0.5, 0.6) is 0 Å². The first kappa shape index (κ1) is 10.7. The monoisotopic (exact) mass is 186 g/mol. The van der Waals surface area contributed by atoms with Crippen molar-refractivity contribution >= 4 is 5.78 Å². The smallest absolute Gasteiger partial charge is 0.132 e. The Kier molecular flexibility index (Phi) is 3.88. The minimum atomic E-state index is 0.193. The van der Waals surface area contributed by atoms with Gasteiger partial charge in [-0.2, -0.15) is 0 Å². The van der Waals surface area contributed by atoms with E-state index in [4.69, 9.17) is 9.47 Å². The molecule has 0 bridgehead atoms. The highest BCUT2D eigenvalue weighted by Gasteiger charge is 2.32. The van der Waals surface area contributed by atoms with Crippen LogP contribution in [0.3, 0.4) is 0 Å². The standard InChI is InChI=1S/C10H18O3/c1-9(11)3-5-12-6-4-10(2)7-13-8-10/h3-8H2,1-2H3. The van der Waals surface area contributed by atoms with Crippen LogP contribution in [-0.2, 0) is 14.3 Å². The molecule has 3 heteroatoms. The normalized spacial score (nSPS) is 19.5. The van der Waals surface area contributed by atoms with Crippen LogP contribution in [0.2, 0.25) is 0 Å². The second-order valence-corrected chi connectivity index (χ2v) is 4.12. The molecule has 1 aliphatic heterocycles. The summed E-state index contributed by atoms with van der Waals surface area (Å²) in [5, 5.41) is 0. The Hall–Kier alpha value is -0.410. The van der Waals surface area contributed by atoms with E-state index in [0.29, 0.717) is 18.4 Å². The molecule has 1 rings (SSSR count). The number of ketones is 1. The molecule has 0 aliphatic carbocycles. The van der Waals surface area contributed by atoms with Gasteiger partial charge in [0, 0.05) is 18.4 Å². The lowest BCUT2D eigenvalue weighted by molar-refractivity contribution is -0.120. The first-order valence-electron chi connectivity index (χ1n) is 4.77. The maximum Gasteiger partial charge on any atom is 0.132 e. The molecule has 0 atom stereocenters. The number of hydrogen-bond acceptors (Lipinski definition) is 3. The third kappa shape index (κ3) is 3.87. The van der Waals surface area contributed by atoms with E-state index in [0.717, 1.165) is 26.2 Å². The summed E-state index contributed by atoms with van der Waals surface area (Å²) < 4.78 is 10.5. The first-order chi connectivity index (χ1) is 6.12. The Morgan fingerprint density at radius 3 is 2.62 bits per heavy atom. The molecule has 76 valence electrons. The summed E-state index contributed by atoms with van der Waals surface area (Å²) in [6.07, 6.45) is 1.57. The number of rotatable bonds is 6. The van der Waals surface area contributed by atoms with Crippen LogP contribution < -0.4 is 0 Å². The number of Topliss-reactive ketones (excluding diaryl/α,β-unsaturated/α-hetero) is 1. The zero-order chi connectivity index (χ0) is 9.73. The minimum absolute atomic E-state index is 0.193. The highest BCUT2D eigenvalue weighted by atomic mass is 16.5. The van der Waals surface area contributed by atoms with Gasteiger partial charge in [-0.3, -0.25) is 4.79 Å². The maximum atomic E-state index is 10.6. The maximum absolute atomic E-state index is 10.6. The average molecular weight is 186 g/mol. The van der Waals surface area contributed by atoms with Crippen molar-refractivity contribution in [3.63, 3.8) is 0 Å². The Morgan fingerprint density at radius 2 is 2.15 bits per heavy atom. The molecular formula is C10H18O3. The fourth-order valence-electron chi connectivity index (χ4n) is 1.23. The molecule has 0 aromatic carbocycles. The summed E-state index contributed by atoms with van der Waals surface area (Å²) in [6, 6.07) is 0. The van der Waals surface area contributed by atoms with Crippen molar-refractivity contribution in [2.24, 2.45) is 5.41 Å². The Morgan fingerprint density at radius 1 is 1.46 bits per heavy atom. The van der Waals surface area contributed by atoms with Crippen LogP contribution in [0.15, 0.2) is 0 Å². The van der Waals surface area contributed by atoms with Gasteiger partial charge in [0.1, 0.15) is 5.78 Å². The summed E-state index contributed by atoms with van der Waals surface area (Å²) in [5.74, 6) is 0.193. The summed E-state index contributed by atoms with van der Waals surface area (Å²) >= 11 is 0. The molecule has 0 radical (unpaired) electrons. The summed E-state index contributed by atoms with van der Waals surface area (Å²) in [5.41, 5.74) is 0.330. The van der Waals surface area contributed by atoms with E-state index < -0.39 is 0 Å². The number of carbonyl (C=O) groups excluding carboxylic acids is 1. The fourth-order valence-corrected chi connectivity index (χ4v) is 1.23. The van der Waals surface area contributed by atoms with Gasteiger partial charge in [-0.25, -0.2) is 0 Å². The van der Waals surface area contributed by atoms with Gasteiger partial charge in [0.25, 0.3) is 0 Å². The van der Waals surface area contributed by atoms with Crippen molar-refractivity contribution in [1.82, 2.24) is 0 Å². The van der Waals surface area contributed by atoms with Gasteiger partial charge in [0.2, 0.25) is 0 Å². The van der Waals surface area contributed by atoms with E-state index in [9.17, 15) is 4.79 Å². The van der Waals surface area contributed by atoms with E-state index in [-0.39, 0.29) is 5.78 Å². The lowest BCUT2D eigenvalue weighted by Crippen LogP contribution is -2.40. The second-order valence-electron chi connectivity index (χ2n) is 4.12. The van der Waals surface area contributed by atoms with Crippen molar-refractivity contribution < 1.29 is 14.3 Å². The van der Waals surface area contributed by atoms with Crippen LogP contribution >= 0.6 is 0 Å². The van der Waals surface area contributed by atoms with Gasteiger partial charge in [-0.05, 0) is 13.3 Å². The van der Waals surface area contributed by atoms with Crippen LogP contribution in [-0.4, -0.2) is 32.2 Å². The van der Waals surface area contributed by atoms with Crippen molar-refractivity contribution in [2.75, 3.05) is 26.4 Å². The van der Waals surface area contributed by atoms with E-state index in [1.54, 1.807) is 6.92 Å². The van der Waals surface area contributed by atoms with Crippen LogP contribution in [0.1, 0.15) is 26.7 Å². The molecule has 1 fully saturated rings. The van der Waals surface area contributed by atoms with Crippen molar-refractivity contribution in [3.8, 4) is 0 Å². The molecule has 0 N–H and O–H groups in total. The topological polar surface area (TPSA) is 35.5 Å². The van der Waals surface area contributed by atoms with Gasteiger partial charge >= 0.3 is 0 Å². The summed E-state index contributed by atoms with van der Waals surface area (Å²) in [7, 11) is 0. The molecular weight excluding hydrogens is 168 g/mol. The van der Waals surface area contributed by atoms with E-state index in [1.165, 1.54) is 0 Å². The zero-order valence-corrected chi connectivity index (χ0v) is 8.47. The number of ether oxygens (including phenoxy) is 2. The Balaban J connectivity index is 1.92. The second kappa shape index (κ2) is 4.72. The quantitative estimate of drug-likeness (QED) is 0.588. The number of carbonyl (C=O) groups is 1. The van der Waals surface area contributed by atoms with Gasteiger partial charge in [-0.15, -0.1) is 0 Å². The Labute approximate surface area is 79.4 Å². The van der Waals surface area contributed by atoms with E-state index >= 15 is 0 Å². The molecule has 0 spiro atoms. The predicted molar refractivity (Wildman–Crippen MR) is 49.7 cm³/mol. The molecule has 1 aliphatic rings. The van der Waals surface area contributed by atoms with Gasteiger partial charge in [0.05, 0.1) is 19.8 Å². The van der Waals surface area contributed by atoms with E-state index in [1.807, 2.05) is 0 Å². The van der Waals surface area contributed by atoms with Crippen LogP contribution in [0.25, 0.3) is 0 Å². The van der Waals surface area contributed by atoms with Crippen LogP contribution in [0, 0.1) is 5.41 Å². The minimum Gasteiger partial charge on any atom is -0.381 e. The first-order valence-corrected chi connectivity index (χ1v) is 4.77. The average Bonchev–Trinajstić information content (AvgIpc) is 2.00. The number of hydrogen-bond donors (Lipinski definition) is 0. The van der Waals surface area contributed by atoms with Crippen molar-refractivity contribution in [2.45, 2.75) is 26.7 Å². The largest absolute Gasteiger partial charge is 0.381 e. The molecule has 0 amide bonds. The fraction of sp³-hybridized carbons (Fsp3) is 0.900. The van der Waals surface area contributed by atoms with Crippen molar-refractivity contribution in [3.05, 3.63) is 0 Å². The van der Waals surface area contributed by atoms with Gasteiger partial charge in [-0.1, -0.05) is 6.92 Å². The summed E-state index contributed by atoms with van der Waals surface area (Å²) in [6.45, 7) is 6.79. The molecule has 0 aromatic rings. The van der Waals surface area contributed by atoms with Gasteiger partial charge in [0.15, 0.2) is 0 Å². The zero-order valence-electron chi connectivity index (χ0n) is 8.47. The molecule has 1 heterocycles. The van der Waals surface area contributed by atoms with E-state index in [2.05, 4.69) is 6.92 Å². The lowest BCUT2D eigenvalue weighted by Gasteiger charge is -2.37. The lowest BCUT2D eigenvalue weighted by atomic mass is 9.85. The predicted octanol–water partition coefficient (Wildman–Crippen LogP) is 1.41. The molecule has 13 heavy (non-hydrogen) atoms. The Bertz CT molecular complexity index is 173. The highest BCUT2D eigenvalue weighted by molar-refractivity contribution is 5.75. The third-order valence-corrected chi connectivity index (χ3v) is 2.35. The SMILES string of the molecule is CC(=O)CCOCCC1(C)COC1. The molecule has 0 saturated carbocycles. The molecule has 1 saturated heterocycles. The van der Waals surface area contributed by atoms with Crippen LogP contribution in [0.4, 0.5) is 0 Å². The van der Waals surface area contributed by atoms with Gasteiger partial charge < -0.3 is 9.47 Å². The highest BCUT2D eigenvalue weighted by Crippen LogP contribution is 2.30. The molecule has 3 nitrogen and oxygen atoms in total. The third-order valence-electron chi connectivity index (χ3n) is 2.35.